The lowest BCUT2D eigenvalue weighted by Gasteiger charge is -2.16. The van der Waals surface area contributed by atoms with E-state index in [9.17, 15) is 32.5 Å². The Morgan fingerprint density at radius 2 is 1.97 bits per heavy atom. The molecule has 1 aromatic heterocycles. The van der Waals surface area contributed by atoms with E-state index in [4.69, 9.17) is 12.2 Å². The molecule has 1 aromatic carbocycles. The number of anilines is 2. The lowest BCUT2D eigenvalue weighted by Crippen LogP contribution is -2.33. The van der Waals surface area contributed by atoms with Gasteiger partial charge >= 0.3 is 18.3 Å². The summed E-state index contributed by atoms with van der Waals surface area (Å²) in [6.45, 7) is 0.0725. The van der Waals surface area contributed by atoms with Gasteiger partial charge in [0, 0.05) is 17.0 Å². The van der Waals surface area contributed by atoms with E-state index < -0.39 is 41.3 Å². The van der Waals surface area contributed by atoms with Crippen molar-refractivity contribution in [3.8, 4) is 5.75 Å². The van der Waals surface area contributed by atoms with Crippen molar-refractivity contribution in [1.29, 1.82) is 0 Å². The van der Waals surface area contributed by atoms with Crippen molar-refractivity contribution < 1.29 is 36.8 Å². The first-order valence-electron chi connectivity index (χ1n) is 8.28. The number of hydrogen-bond donors (Lipinski definition) is 2. The van der Waals surface area contributed by atoms with Crippen molar-refractivity contribution >= 4 is 51.0 Å². The van der Waals surface area contributed by atoms with Crippen LogP contribution in [0.15, 0.2) is 24.3 Å². The number of carbonyl (C=O) groups is 1. The molecule has 1 heterocycles. The predicted octanol–water partition coefficient (Wildman–Crippen LogP) is 4.84. The summed E-state index contributed by atoms with van der Waals surface area (Å²) in [6, 6.07) is 4.49. The maximum atomic E-state index is 13.1. The number of ether oxygens (including phenoxy) is 2. The highest BCUT2D eigenvalue weighted by molar-refractivity contribution is 7.80. The molecule has 0 unspecified atom stereocenters. The van der Waals surface area contributed by atoms with Crippen molar-refractivity contribution in [2.24, 2.45) is 0 Å². The topological polar surface area (TPSA) is 103 Å². The van der Waals surface area contributed by atoms with Crippen molar-refractivity contribution in [2.75, 3.05) is 24.4 Å². The molecule has 14 heteroatoms. The van der Waals surface area contributed by atoms with Crippen molar-refractivity contribution in [3.63, 3.8) is 0 Å². The van der Waals surface area contributed by atoms with Crippen LogP contribution in [0.3, 0.4) is 0 Å². The van der Waals surface area contributed by atoms with Crippen LogP contribution in [0.1, 0.15) is 15.2 Å². The summed E-state index contributed by atoms with van der Waals surface area (Å²) < 4.78 is 60.1. The number of esters is 1. The molecular formula is C17H15F4N3O5S2. The van der Waals surface area contributed by atoms with E-state index in [0.717, 1.165) is 23.1 Å². The van der Waals surface area contributed by atoms with Crippen molar-refractivity contribution in [1.82, 2.24) is 0 Å². The number of nitro benzene ring substituents is 1. The summed E-state index contributed by atoms with van der Waals surface area (Å²) in [5.74, 6) is -5.49. The van der Waals surface area contributed by atoms with Gasteiger partial charge in [-0.3, -0.25) is 10.1 Å². The van der Waals surface area contributed by atoms with Gasteiger partial charge in [-0.25, -0.2) is 13.6 Å². The minimum absolute atomic E-state index is 0.0324. The van der Waals surface area contributed by atoms with E-state index >= 15 is 0 Å². The minimum Gasteiger partial charge on any atom is -0.487 e. The highest BCUT2D eigenvalue weighted by Crippen LogP contribution is 2.31. The first-order valence-corrected chi connectivity index (χ1v) is 9.50. The van der Waals surface area contributed by atoms with Crippen molar-refractivity contribution in [3.05, 3.63) is 44.8 Å². The summed E-state index contributed by atoms with van der Waals surface area (Å²) in [7, 11) is 1.21. The van der Waals surface area contributed by atoms with E-state index in [1.807, 2.05) is 0 Å². The van der Waals surface area contributed by atoms with Crippen LogP contribution in [0.25, 0.3) is 0 Å². The first kappa shape index (κ1) is 24.3. The SMILES string of the molecule is COC(=O)c1cc(C)sc1NC(=S)Nc1cc(OCC(F)(F)C(F)F)cc([N+](=O)[O-])c1. The van der Waals surface area contributed by atoms with Gasteiger partial charge in [0.1, 0.15) is 10.8 Å². The number of thiophene rings is 1. The number of thiocarbonyl (C=S) groups is 1. The van der Waals surface area contributed by atoms with Gasteiger partial charge in [0.05, 0.1) is 29.4 Å². The average molecular weight is 481 g/mol. The molecule has 0 atom stereocenters. The summed E-state index contributed by atoms with van der Waals surface area (Å²) in [5, 5.41) is 16.7. The smallest absolute Gasteiger partial charge is 0.340 e. The highest BCUT2D eigenvalue weighted by atomic mass is 32.1. The van der Waals surface area contributed by atoms with Crippen molar-refractivity contribution in [2.45, 2.75) is 19.3 Å². The Labute approximate surface area is 182 Å². The van der Waals surface area contributed by atoms with Gasteiger partial charge < -0.3 is 20.1 Å². The fraction of sp³-hybridized carbons (Fsp3) is 0.294. The Kier molecular flexibility index (Phi) is 7.73. The summed E-state index contributed by atoms with van der Waals surface area (Å²) >= 11 is 6.32. The summed E-state index contributed by atoms with van der Waals surface area (Å²) in [6.07, 6.45) is -3.96. The summed E-state index contributed by atoms with van der Waals surface area (Å²) in [5.41, 5.74) is -0.369. The average Bonchev–Trinajstić information content (AvgIpc) is 3.05. The molecule has 2 aromatic rings. The number of non-ortho nitro benzene ring substituents is 1. The van der Waals surface area contributed by atoms with Gasteiger partial charge in [-0.15, -0.1) is 11.3 Å². The quantitative estimate of drug-likeness (QED) is 0.182. The molecule has 0 saturated carbocycles. The van der Waals surface area contributed by atoms with E-state index in [2.05, 4.69) is 20.1 Å². The third-order valence-electron chi connectivity index (χ3n) is 3.60. The van der Waals surface area contributed by atoms with Gasteiger partial charge in [0.15, 0.2) is 11.7 Å². The molecule has 2 rings (SSSR count). The predicted molar refractivity (Wildman–Crippen MR) is 110 cm³/mol. The van der Waals surface area contributed by atoms with Crippen LogP contribution in [0, 0.1) is 17.0 Å². The number of rotatable bonds is 8. The zero-order valence-electron chi connectivity index (χ0n) is 15.9. The molecule has 0 bridgehead atoms. The second-order valence-electron chi connectivity index (χ2n) is 5.99. The highest BCUT2D eigenvalue weighted by Gasteiger charge is 2.41. The van der Waals surface area contributed by atoms with Gasteiger partial charge in [0.25, 0.3) is 5.69 Å². The van der Waals surface area contributed by atoms with Crippen LogP contribution < -0.4 is 15.4 Å². The van der Waals surface area contributed by atoms with Gasteiger partial charge in [-0.1, -0.05) is 0 Å². The normalized spacial score (nSPS) is 11.2. The van der Waals surface area contributed by atoms with Crippen LogP contribution in [-0.2, 0) is 4.74 Å². The first-order chi connectivity index (χ1) is 14.4. The van der Waals surface area contributed by atoms with Crippen LogP contribution in [-0.4, -0.2) is 42.1 Å². The van der Waals surface area contributed by atoms with Crippen LogP contribution in [0.5, 0.6) is 5.75 Å². The fourth-order valence-electron chi connectivity index (χ4n) is 2.22. The molecule has 168 valence electrons. The molecule has 0 saturated heterocycles. The van der Waals surface area contributed by atoms with E-state index in [-0.39, 0.29) is 16.4 Å². The Balaban J connectivity index is 2.20. The Morgan fingerprint density at radius 3 is 2.55 bits per heavy atom. The maximum Gasteiger partial charge on any atom is 0.340 e. The van der Waals surface area contributed by atoms with Gasteiger partial charge in [-0.05, 0) is 25.2 Å². The minimum atomic E-state index is -4.43. The number of aryl methyl sites for hydroxylation is 1. The maximum absolute atomic E-state index is 13.1. The summed E-state index contributed by atoms with van der Waals surface area (Å²) in [4.78, 5) is 22.9. The van der Waals surface area contributed by atoms with Gasteiger partial charge in [-0.2, -0.15) is 8.78 Å². The Morgan fingerprint density at radius 1 is 1.29 bits per heavy atom. The second kappa shape index (κ2) is 9.87. The van der Waals surface area contributed by atoms with Crippen LogP contribution >= 0.6 is 23.6 Å². The number of methoxy groups -OCH3 is 1. The molecule has 2 N–H and O–H groups in total. The molecule has 31 heavy (non-hydrogen) atoms. The number of carbonyl (C=O) groups excluding carboxylic acids is 1. The second-order valence-corrected chi connectivity index (χ2v) is 7.66. The lowest BCUT2D eigenvalue weighted by molar-refractivity contribution is -0.384. The number of nitrogens with zero attached hydrogens (tertiary/aromatic N) is 1. The number of nitrogens with one attached hydrogen (secondary N) is 2. The molecular weight excluding hydrogens is 466 g/mol. The van der Waals surface area contributed by atoms with Crippen LogP contribution in [0.2, 0.25) is 0 Å². The van der Waals surface area contributed by atoms with E-state index in [1.54, 1.807) is 13.0 Å². The molecule has 0 aliphatic rings. The molecule has 0 radical (unpaired) electrons. The molecule has 0 aliphatic carbocycles. The molecule has 0 amide bonds. The van der Waals surface area contributed by atoms with E-state index in [1.165, 1.54) is 18.4 Å². The molecule has 0 spiro atoms. The Hall–Kier alpha value is -3.00. The number of hydrogen-bond acceptors (Lipinski definition) is 7. The molecule has 0 aliphatic heterocycles. The number of halogens is 4. The molecule has 8 nitrogen and oxygen atoms in total. The third-order valence-corrected chi connectivity index (χ3v) is 4.77. The zero-order valence-corrected chi connectivity index (χ0v) is 17.5. The number of nitro groups is 1. The van der Waals surface area contributed by atoms with E-state index in [0.29, 0.717) is 5.00 Å². The monoisotopic (exact) mass is 481 g/mol. The largest absolute Gasteiger partial charge is 0.487 e. The Bertz CT molecular complexity index is 1000. The van der Waals surface area contributed by atoms with Gasteiger partial charge in [0.2, 0.25) is 0 Å². The molecule has 0 fully saturated rings. The fourth-order valence-corrected chi connectivity index (χ4v) is 3.41. The lowest BCUT2D eigenvalue weighted by atomic mass is 10.2. The number of alkyl halides is 4. The number of benzene rings is 1. The van der Waals surface area contributed by atoms with Crippen LogP contribution in [0.4, 0.5) is 33.9 Å². The standard InChI is InChI=1S/C17H15F4N3O5S2/c1-8-3-12(14(25)28-2)13(31-8)23-16(30)22-9-4-10(24(26)27)6-11(5-9)29-7-17(20,21)15(18)19/h3-6,15H,7H2,1-2H3,(H2,22,23,30). The third kappa shape index (κ3) is 6.49. The zero-order chi connectivity index (χ0) is 23.3.